The number of phosphoric acid groups is 1. The Bertz CT molecular complexity index is 1580. The molecule has 0 unspecified atom stereocenters. The lowest BCUT2D eigenvalue weighted by molar-refractivity contribution is -0.138. The van der Waals surface area contributed by atoms with Crippen molar-refractivity contribution in [2.24, 2.45) is 5.73 Å². The van der Waals surface area contributed by atoms with Crippen molar-refractivity contribution in [3.8, 4) is 28.1 Å². The highest BCUT2D eigenvalue weighted by molar-refractivity contribution is 7.46. The number of alkyl halides is 3. The number of aromatic amines is 1. The first-order valence-electron chi connectivity index (χ1n) is 11.7. The van der Waals surface area contributed by atoms with Crippen LogP contribution in [0.5, 0.6) is 5.75 Å². The lowest BCUT2D eigenvalue weighted by Crippen LogP contribution is -2.39. The normalized spacial score (nSPS) is 13.4. The van der Waals surface area contributed by atoms with Crippen molar-refractivity contribution in [1.82, 2.24) is 9.97 Å². The molecule has 1 aromatic heterocycles. The summed E-state index contributed by atoms with van der Waals surface area (Å²) in [6.07, 6.45) is -3.64. The molecule has 0 bridgehead atoms. The molecule has 0 aliphatic carbocycles. The van der Waals surface area contributed by atoms with Gasteiger partial charge in [0.25, 0.3) is 0 Å². The van der Waals surface area contributed by atoms with Crippen LogP contribution in [0, 0.1) is 6.57 Å². The molecule has 0 fully saturated rings. The quantitative estimate of drug-likeness (QED) is 0.139. The molecule has 9 nitrogen and oxygen atoms in total. The molecule has 40 heavy (non-hydrogen) atoms. The average molecular weight is 572 g/mol. The molecule has 0 aliphatic rings. The lowest BCUT2D eigenvalue weighted by atomic mass is 10.0. The van der Waals surface area contributed by atoms with E-state index in [0.29, 0.717) is 5.56 Å². The predicted octanol–water partition coefficient (Wildman–Crippen LogP) is 6.18. The Morgan fingerprint density at radius 1 is 1.05 bits per heavy atom. The second-order valence-electron chi connectivity index (χ2n) is 9.16. The number of nitrogens with one attached hydrogen (secondary N) is 1. The molecule has 0 saturated heterocycles. The highest BCUT2D eigenvalue weighted by atomic mass is 31.2. The van der Waals surface area contributed by atoms with Crippen LogP contribution in [-0.2, 0) is 27.4 Å². The minimum atomic E-state index is -4.84. The van der Waals surface area contributed by atoms with Gasteiger partial charge in [-0.25, -0.2) is 14.4 Å². The molecule has 1 heterocycles. The molecular formula is C27H24F3N4O5P. The van der Waals surface area contributed by atoms with Crippen molar-refractivity contribution < 1.29 is 36.8 Å². The molecule has 208 valence electrons. The monoisotopic (exact) mass is 572 g/mol. The number of aromatic nitrogens is 2. The molecule has 5 N–H and O–H groups in total. The van der Waals surface area contributed by atoms with E-state index in [1.807, 2.05) is 42.5 Å². The number of benzene rings is 3. The van der Waals surface area contributed by atoms with Gasteiger partial charge in [0.1, 0.15) is 18.2 Å². The zero-order chi connectivity index (χ0) is 29.1. The molecule has 1 atom stereocenters. The van der Waals surface area contributed by atoms with Crippen molar-refractivity contribution in [2.75, 3.05) is 6.61 Å². The zero-order valence-electron chi connectivity index (χ0n) is 21.0. The fraction of sp³-hybridized carbons (Fsp3) is 0.185. The Morgan fingerprint density at radius 2 is 1.70 bits per heavy atom. The molecule has 0 radical (unpaired) electrons. The molecule has 0 saturated carbocycles. The van der Waals surface area contributed by atoms with E-state index in [1.165, 1.54) is 19.2 Å². The fourth-order valence-electron chi connectivity index (χ4n) is 3.84. The van der Waals surface area contributed by atoms with Crippen LogP contribution in [-0.4, -0.2) is 26.4 Å². The number of rotatable bonds is 9. The van der Waals surface area contributed by atoms with Gasteiger partial charge in [0.05, 0.1) is 36.2 Å². The molecule has 0 aliphatic heterocycles. The SMILES string of the molecule is [C-]#[N+]c1cc(-c2cnc([C@@](C)(N)COP(=O)(O)O)[nH]2)cc(C(F)(F)F)c1OCc1ccc(-c2ccccc2)cc1. The molecule has 13 heteroatoms. The summed E-state index contributed by atoms with van der Waals surface area (Å²) in [7, 11) is -4.82. The second-order valence-corrected chi connectivity index (χ2v) is 10.4. The third-order valence-corrected chi connectivity index (χ3v) is 6.37. The van der Waals surface area contributed by atoms with Gasteiger partial charge >= 0.3 is 14.0 Å². The Morgan fingerprint density at radius 3 is 2.30 bits per heavy atom. The van der Waals surface area contributed by atoms with E-state index in [2.05, 4.69) is 19.3 Å². The maximum absolute atomic E-state index is 14.1. The Labute approximate surface area is 227 Å². The zero-order valence-corrected chi connectivity index (χ0v) is 21.9. The van der Waals surface area contributed by atoms with Crippen molar-refractivity contribution in [3.05, 3.63) is 101 Å². The van der Waals surface area contributed by atoms with Crippen LogP contribution in [0.2, 0.25) is 0 Å². The van der Waals surface area contributed by atoms with Crippen LogP contribution in [0.1, 0.15) is 23.9 Å². The van der Waals surface area contributed by atoms with Gasteiger partial charge in [-0.15, -0.1) is 0 Å². The number of H-pyrrole nitrogens is 1. The summed E-state index contributed by atoms with van der Waals surface area (Å²) in [6, 6.07) is 18.8. The van der Waals surface area contributed by atoms with E-state index in [1.54, 1.807) is 12.1 Å². The lowest BCUT2D eigenvalue weighted by Gasteiger charge is -2.22. The number of nitrogens with two attached hydrogens (primary N) is 1. The Hall–Kier alpha value is -3.98. The van der Waals surface area contributed by atoms with Gasteiger partial charge in [-0.1, -0.05) is 54.6 Å². The standard InChI is InChI=1S/C27H24F3N4O5P/c1-26(31,16-39-40(35,36)37)25-33-14-23(34-25)20-12-21(27(28,29)30)24(22(13-20)32-2)38-15-17-8-10-19(11-9-17)18-6-4-3-5-7-18/h3-14H,15-16,31H2,1H3,(H,33,34)(H2,35,36,37)/t26-/m0/s1. The summed E-state index contributed by atoms with van der Waals surface area (Å²) in [5.74, 6) is -0.593. The molecule has 4 aromatic rings. The topological polar surface area (TPSA) is 135 Å². The van der Waals surface area contributed by atoms with Crippen molar-refractivity contribution in [3.63, 3.8) is 0 Å². The minimum absolute atomic E-state index is 0.00754. The highest BCUT2D eigenvalue weighted by Crippen LogP contribution is 2.45. The van der Waals surface area contributed by atoms with E-state index in [-0.39, 0.29) is 29.4 Å². The molecular weight excluding hydrogens is 548 g/mol. The summed E-state index contributed by atoms with van der Waals surface area (Å²) >= 11 is 0. The number of imidazole rings is 1. The number of phosphoric ester groups is 1. The van der Waals surface area contributed by atoms with Gasteiger partial charge in [-0.05, 0) is 41.3 Å². The number of hydrogen-bond acceptors (Lipinski definition) is 5. The van der Waals surface area contributed by atoms with Gasteiger partial charge in [-0.2, -0.15) is 13.2 Å². The Kier molecular flexibility index (Phi) is 8.16. The third-order valence-electron chi connectivity index (χ3n) is 5.90. The van der Waals surface area contributed by atoms with Crippen LogP contribution in [0.25, 0.3) is 27.2 Å². The molecule has 0 spiro atoms. The van der Waals surface area contributed by atoms with E-state index in [9.17, 15) is 17.7 Å². The van der Waals surface area contributed by atoms with Crippen molar-refractivity contribution >= 4 is 13.5 Å². The van der Waals surface area contributed by atoms with Crippen LogP contribution >= 0.6 is 7.82 Å². The van der Waals surface area contributed by atoms with Gasteiger partial charge < -0.3 is 25.2 Å². The summed E-state index contributed by atoms with van der Waals surface area (Å²) in [6.45, 7) is 8.07. The maximum Gasteiger partial charge on any atom is 0.469 e. The number of ether oxygens (including phenoxy) is 1. The van der Waals surface area contributed by atoms with E-state index < -0.39 is 37.5 Å². The van der Waals surface area contributed by atoms with Crippen LogP contribution in [0.15, 0.2) is 72.9 Å². The highest BCUT2D eigenvalue weighted by Gasteiger charge is 2.37. The van der Waals surface area contributed by atoms with Gasteiger partial charge in [0, 0.05) is 0 Å². The second kappa shape index (κ2) is 11.3. The first-order valence-corrected chi connectivity index (χ1v) is 13.2. The van der Waals surface area contributed by atoms with Crippen LogP contribution < -0.4 is 10.5 Å². The molecule has 3 aromatic carbocycles. The molecule has 4 rings (SSSR count). The van der Waals surface area contributed by atoms with Gasteiger partial charge in [-0.3, -0.25) is 4.52 Å². The van der Waals surface area contributed by atoms with E-state index in [0.717, 1.165) is 17.2 Å². The first-order chi connectivity index (χ1) is 18.8. The van der Waals surface area contributed by atoms with E-state index in [4.69, 9.17) is 26.8 Å². The van der Waals surface area contributed by atoms with Crippen LogP contribution in [0.3, 0.4) is 0 Å². The third kappa shape index (κ3) is 6.96. The average Bonchev–Trinajstić information content (AvgIpc) is 3.42. The van der Waals surface area contributed by atoms with Crippen LogP contribution in [0.4, 0.5) is 18.9 Å². The number of hydrogen-bond donors (Lipinski definition) is 4. The fourth-order valence-corrected chi connectivity index (χ4v) is 4.27. The first kappa shape index (κ1) is 29.0. The summed E-state index contributed by atoms with van der Waals surface area (Å²) < 4.78 is 63.4. The summed E-state index contributed by atoms with van der Waals surface area (Å²) in [5.41, 5.74) is 5.67. The van der Waals surface area contributed by atoms with Crippen molar-refractivity contribution in [1.29, 1.82) is 0 Å². The number of nitrogens with zero attached hydrogens (tertiary/aromatic N) is 2. The largest absolute Gasteiger partial charge is 0.499 e. The summed E-state index contributed by atoms with van der Waals surface area (Å²) in [4.78, 5) is 27.9. The van der Waals surface area contributed by atoms with Crippen molar-refractivity contribution in [2.45, 2.75) is 25.2 Å². The number of halogens is 3. The predicted molar refractivity (Wildman–Crippen MR) is 141 cm³/mol. The smallest absolute Gasteiger partial charge is 0.469 e. The Balaban J connectivity index is 1.61. The summed E-state index contributed by atoms with van der Waals surface area (Å²) in [5, 5.41) is 0. The maximum atomic E-state index is 14.1. The minimum Gasteiger partial charge on any atom is -0.499 e. The van der Waals surface area contributed by atoms with Gasteiger partial charge in [0.2, 0.25) is 5.69 Å². The molecule has 0 amide bonds. The van der Waals surface area contributed by atoms with E-state index >= 15 is 0 Å². The van der Waals surface area contributed by atoms with Gasteiger partial charge in [0.15, 0.2) is 0 Å².